The van der Waals surface area contributed by atoms with Gasteiger partial charge in [-0.2, -0.15) is 0 Å². The first-order valence-corrected chi connectivity index (χ1v) is 8.76. The van der Waals surface area contributed by atoms with E-state index in [0.717, 1.165) is 18.4 Å². The molecule has 0 bridgehead atoms. The van der Waals surface area contributed by atoms with Crippen molar-refractivity contribution in [1.29, 1.82) is 0 Å². The standard InChI is InChI=1S/C20H24N2O5/c1-4-5-9-27-20(25)15-11-17(18(23)21-2)19(24)22(13-15)12-14-7-6-8-16(10-14)26-3/h6-8,10-11,13H,4-5,9,12H2,1-3H3,(H,21,23). The highest BCUT2D eigenvalue weighted by Gasteiger charge is 2.18. The second kappa shape index (κ2) is 9.56. The molecule has 1 heterocycles. The van der Waals surface area contributed by atoms with E-state index < -0.39 is 17.4 Å². The number of amides is 1. The fraction of sp³-hybridized carbons (Fsp3) is 0.350. The van der Waals surface area contributed by atoms with Crippen LogP contribution in [0.15, 0.2) is 41.3 Å². The molecule has 1 aromatic heterocycles. The van der Waals surface area contributed by atoms with Gasteiger partial charge in [-0.3, -0.25) is 9.59 Å². The third-order valence-electron chi connectivity index (χ3n) is 4.01. The monoisotopic (exact) mass is 372 g/mol. The van der Waals surface area contributed by atoms with Crippen molar-refractivity contribution >= 4 is 11.9 Å². The second-order valence-corrected chi connectivity index (χ2v) is 6.00. The number of nitrogens with zero attached hydrogens (tertiary/aromatic N) is 1. The van der Waals surface area contributed by atoms with Crippen molar-refractivity contribution in [3.05, 3.63) is 63.6 Å². The van der Waals surface area contributed by atoms with Crippen LogP contribution in [0.3, 0.4) is 0 Å². The maximum absolute atomic E-state index is 12.7. The van der Waals surface area contributed by atoms with Crippen molar-refractivity contribution in [2.75, 3.05) is 20.8 Å². The van der Waals surface area contributed by atoms with Gasteiger partial charge in [-0.05, 0) is 30.2 Å². The third-order valence-corrected chi connectivity index (χ3v) is 4.01. The number of carbonyl (C=O) groups excluding carboxylic acids is 2. The van der Waals surface area contributed by atoms with Crippen molar-refractivity contribution < 1.29 is 19.1 Å². The Hall–Kier alpha value is -3.09. The van der Waals surface area contributed by atoms with Crippen LogP contribution in [-0.4, -0.2) is 37.2 Å². The number of esters is 1. The maximum atomic E-state index is 12.7. The molecule has 0 saturated carbocycles. The zero-order valence-electron chi connectivity index (χ0n) is 15.8. The van der Waals surface area contributed by atoms with Crippen LogP contribution < -0.4 is 15.6 Å². The normalized spacial score (nSPS) is 10.3. The van der Waals surface area contributed by atoms with Crippen LogP contribution in [0, 0.1) is 0 Å². The van der Waals surface area contributed by atoms with E-state index in [1.807, 2.05) is 19.1 Å². The van der Waals surface area contributed by atoms with Crippen LogP contribution in [-0.2, 0) is 11.3 Å². The number of ether oxygens (including phenoxy) is 2. The number of methoxy groups -OCH3 is 1. The van der Waals surface area contributed by atoms with Gasteiger partial charge in [-0.1, -0.05) is 25.5 Å². The number of carbonyl (C=O) groups is 2. The molecule has 0 unspecified atom stereocenters. The van der Waals surface area contributed by atoms with Crippen molar-refractivity contribution in [2.24, 2.45) is 0 Å². The minimum atomic E-state index is -0.562. The van der Waals surface area contributed by atoms with Gasteiger partial charge in [0, 0.05) is 13.2 Å². The molecule has 2 rings (SSSR count). The van der Waals surface area contributed by atoms with E-state index in [1.54, 1.807) is 19.2 Å². The molecule has 144 valence electrons. The van der Waals surface area contributed by atoms with Gasteiger partial charge in [0.2, 0.25) is 0 Å². The first-order valence-electron chi connectivity index (χ1n) is 8.76. The molecule has 0 aliphatic heterocycles. The topological polar surface area (TPSA) is 86.6 Å². The number of hydrogen-bond acceptors (Lipinski definition) is 5. The zero-order valence-corrected chi connectivity index (χ0v) is 15.8. The molecule has 0 aliphatic rings. The average molecular weight is 372 g/mol. The third kappa shape index (κ3) is 5.20. The Balaban J connectivity index is 2.42. The Labute approximate surface area is 157 Å². The van der Waals surface area contributed by atoms with Gasteiger partial charge < -0.3 is 19.4 Å². The molecule has 7 nitrogen and oxygen atoms in total. The fourth-order valence-corrected chi connectivity index (χ4v) is 2.52. The number of unbranched alkanes of at least 4 members (excludes halogenated alkanes) is 1. The van der Waals surface area contributed by atoms with Gasteiger partial charge in [0.05, 0.1) is 25.8 Å². The Morgan fingerprint density at radius 1 is 1.22 bits per heavy atom. The van der Waals surface area contributed by atoms with Gasteiger partial charge in [-0.25, -0.2) is 4.79 Å². The van der Waals surface area contributed by atoms with Crippen molar-refractivity contribution in [1.82, 2.24) is 9.88 Å². The lowest BCUT2D eigenvalue weighted by atomic mass is 10.1. The molecule has 1 N–H and O–H groups in total. The Morgan fingerprint density at radius 2 is 2.00 bits per heavy atom. The van der Waals surface area contributed by atoms with E-state index >= 15 is 0 Å². The molecule has 27 heavy (non-hydrogen) atoms. The molecule has 1 amide bonds. The summed E-state index contributed by atoms with van der Waals surface area (Å²) in [7, 11) is 2.99. The van der Waals surface area contributed by atoms with Gasteiger partial charge in [0.15, 0.2) is 0 Å². The Bertz CT molecular complexity index is 873. The summed E-state index contributed by atoms with van der Waals surface area (Å²) in [5.74, 6) is -0.460. The second-order valence-electron chi connectivity index (χ2n) is 6.00. The molecule has 0 aliphatic carbocycles. The molecule has 0 atom stereocenters. The summed E-state index contributed by atoms with van der Waals surface area (Å²) in [6, 6.07) is 8.50. The predicted molar refractivity (Wildman–Crippen MR) is 101 cm³/mol. The molecule has 1 aromatic carbocycles. The lowest BCUT2D eigenvalue weighted by Gasteiger charge is -2.12. The van der Waals surface area contributed by atoms with Crippen LogP contribution in [0.5, 0.6) is 5.75 Å². The summed E-state index contributed by atoms with van der Waals surface area (Å²) in [6.07, 6.45) is 3.06. The minimum absolute atomic E-state index is 0.106. The van der Waals surface area contributed by atoms with Crippen LogP contribution >= 0.6 is 0 Å². The van der Waals surface area contributed by atoms with E-state index in [1.165, 1.54) is 23.9 Å². The molecule has 2 aromatic rings. The van der Waals surface area contributed by atoms with Crippen molar-refractivity contribution in [2.45, 2.75) is 26.3 Å². The summed E-state index contributed by atoms with van der Waals surface area (Å²) in [5, 5.41) is 2.43. The van der Waals surface area contributed by atoms with Crippen LogP contribution in [0.1, 0.15) is 46.0 Å². The fourth-order valence-electron chi connectivity index (χ4n) is 2.52. The van der Waals surface area contributed by atoms with Gasteiger partial charge in [0.1, 0.15) is 11.3 Å². The smallest absolute Gasteiger partial charge is 0.339 e. The lowest BCUT2D eigenvalue weighted by Crippen LogP contribution is -2.32. The van der Waals surface area contributed by atoms with Crippen LogP contribution in [0.25, 0.3) is 0 Å². The molecular formula is C20H24N2O5. The van der Waals surface area contributed by atoms with E-state index in [9.17, 15) is 14.4 Å². The van der Waals surface area contributed by atoms with Crippen molar-refractivity contribution in [3.8, 4) is 5.75 Å². The van der Waals surface area contributed by atoms with Crippen LogP contribution in [0.2, 0.25) is 0 Å². The number of hydrogen-bond donors (Lipinski definition) is 1. The van der Waals surface area contributed by atoms with Crippen LogP contribution in [0.4, 0.5) is 0 Å². The highest BCUT2D eigenvalue weighted by molar-refractivity contribution is 5.97. The number of aromatic nitrogens is 1. The largest absolute Gasteiger partial charge is 0.497 e. The average Bonchev–Trinajstić information content (AvgIpc) is 2.69. The molecule has 0 spiro atoms. The number of nitrogens with one attached hydrogen (secondary N) is 1. The summed E-state index contributed by atoms with van der Waals surface area (Å²) < 4.78 is 11.7. The molecule has 0 saturated heterocycles. The highest BCUT2D eigenvalue weighted by atomic mass is 16.5. The number of rotatable bonds is 8. The van der Waals surface area contributed by atoms with E-state index in [0.29, 0.717) is 12.4 Å². The van der Waals surface area contributed by atoms with Gasteiger partial charge in [-0.15, -0.1) is 0 Å². The molecule has 7 heteroatoms. The number of benzene rings is 1. The minimum Gasteiger partial charge on any atom is -0.497 e. The Morgan fingerprint density at radius 3 is 2.67 bits per heavy atom. The highest BCUT2D eigenvalue weighted by Crippen LogP contribution is 2.14. The SMILES string of the molecule is CCCCOC(=O)c1cc(C(=O)NC)c(=O)n(Cc2cccc(OC)c2)c1. The zero-order chi connectivity index (χ0) is 19.8. The quantitative estimate of drug-likeness (QED) is 0.567. The maximum Gasteiger partial charge on any atom is 0.339 e. The van der Waals surface area contributed by atoms with E-state index in [4.69, 9.17) is 9.47 Å². The Kier molecular flexibility index (Phi) is 7.16. The predicted octanol–water partition coefficient (Wildman–Crippen LogP) is 2.22. The lowest BCUT2D eigenvalue weighted by molar-refractivity contribution is 0.0498. The summed E-state index contributed by atoms with van der Waals surface area (Å²) in [5.41, 5.74) is 0.371. The molecule has 0 radical (unpaired) electrons. The van der Waals surface area contributed by atoms with Crippen molar-refractivity contribution in [3.63, 3.8) is 0 Å². The first kappa shape index (κ1) is 20.2. The van der Waals surface area contributed by atoms with E-state index in [-0.39, 0.29) is 17.7 Å². The molecule has 0 fully saturated rings. The summed E-state index contributed by atoms with van der Waals surface area (Å²) in [6.45, 7) is 2.47. The van der Waals surface area contributed by atoms with E-state index in [2.05, 4.69) is 5.32 Å². The number of pyridine rings is 1. The van der Waals surface area contributed by atoms with Gasteiger partial charge in [0.25, 0.3) is 11.5 Å². The summed E-state index contributed by atoms with van der Waals surface area (Å²) >= 11 is 0. The van der Waals surface area contributed by atoms with Gasteiger partial charge >= 0.3 is 5.97 Å². The molecular weight excluding hydrogens is 348 g/mol. The first-order chi connectivity index (χ1) is 13.0. The summed E-state index contributed by atoms with van der Waals surface area (Å²) in [4.78, 5) is 37.1.